The maximum atomic E-state index is 13.2. The molecular formula is C17H24FN3O2. The van der Waals surface area contributed by atoms with Crippen molar-refractivity contribution in [2.45, 2.75) is 19.1 Å². The summed E-state index contributed by atoms with van der Waals surface area (Å²) in [6.07, 6.45) is -0.525. The van der Waals surface area contributed by atoms with Gasteiger partial charge in [-0.25, -0.2) is 4.39 Å². The molecular weight excluding hydrogens is 297 g/mol. The van der Waals surface area contributed by atoms with E-state index in [2.05, 4.69) is 16.8 Å². The summed E-state index contributed by atoms with van der Waals surface area (Å²) in [7, 11) is 2.09. The van der Waals surface area contributed by atoms with Gasteiger partial charge in [0.05, 0.1) is 12.1 Å². The normalized spacial score (nSPS) is 26.7. The molecule has 2 atom stereocenters. The van der Waals surface area contributed by atoms with Crippen molar-refractivity contribution in [1.29, 1.82) is 0 Å². The van der Waals surface area contributed by atoms with E-state index in [0.29, 0.717) is 24.2 Å². The summed E-state index contributed by atoms with van der Waals surface area (Å²) in [5.41, 5.74) is 1.14. The molecule has 1 aromatic rings. The molecule has 2 aliphatic rings. The lowest BCUT2D eigenvalue weighted by Crippen LogP contribution is -2.52. The Bertz CT molecular complexity index is 587. The van der Waals surface area contributed by atoms with E-state index in [9.17, 15) is 14.3 Å². The number of carbonyl (C=O) groups is 1. The van der Waals surface area contributed by atoms with Gasteiger partial charge in [0.1, 0.15) is 5.82 Å². The Hall–Kier alpha value is -1.50. The average molecular weight is 321 g/mol. The number of rotatable bonds is 2. The monoisotopic (exact) mass is 321 g/mol. The number of amides is 1. The van der Waals surface area contributed by atoms with E-state index in [-0.39, 0.29) is 17.8 Å². The molecule has 0 aromatic heterocycles. The molecule has 0 saturated carbocycles. The standard InChI is InChI=1S/C17H24FN3O2/c1-12-9-13(18)3-4-14(12)17(23)21-10-15(16(22)11-21)20-7-5-19(2)6-8-20/h3-4,9,15-16,22H,5-8,10-11H2,1-2H3/t15-,16-/m1/s1. The summed E-state index contributed by atoms with van der Waals surface area (Å²) in [5, 5.41) is 10.4. The van der Waals surface area contributed by atoms with Crippen molar-refractivity contribution in [2.75, 3.05) is 46.3 Å². The number of β-amino-alcohol motifs (C(OH)–C–C–N with tert-alkyl or cyclic N) is 1. The van der Waals surface area contributed by atoms with E-state index in [1.54, 1.807) is 11.8 Å². The number of nitrogens with zero attached hydrogens (tertiary/aromatic N) is 3. The molecule has 1 aromatic carbocycles. The van der Waals surface area contributed by atoms with Gasteiger partial charge in [0.2, 0.25) is 0 Å². The molecule has 0 radical (unpaired) electrons. The molecule has 0 bridgehead atoms. The van der Waals surface area contributed by atoms with Crippen LogP contribution in [0.5, 0.6) is 0 Å². The zero-order chi connectivity index (χ0) is 16.6. The van der Waals surface area contributed by atoms with E-state index >= 15 is 0 Å². The van der Waals surface area contributed by atoms with Gasteiger partial charge in [-0.05, 0) is 37.7 Å². The third-order valence-electron chi connectivity index (χ3n) is 4.97. The third kappa shape index (κ3) is 3.39. The van der Waals surface area contributed by atoms with Gasteiger partial charge in [0, 0.05) is 44.8 Å². The summed E-state index contributed by atoms with van der Waals surface area (Å²) < 4.78 is 13.2. The molecule has 1 N–H and O–H groups in total. The summed E-state index contributed by atoms with van der Waals surface area (Å²) in [5.74, 6) is -0.464. The smallest absolute Gasteiger partial charge is 0.254 e. The van der Waals surface area contributed by atoms with Gasteiger partial charge >= 0.3 is 0 Å². The van der Waals surface area contributed by atoms with Crippen molar-refractivity contribution < 1.29 is 14.3 Å². The highest BCUT2D eigenvalue weighted by Crippen LogP contribution is 2.21. The van der Waals surface area contributed by atoms with Crippen LogP contribution in [0, 0.1) is 12.7 Å². The van der Waals surface area contributed by atoms with Crippen molar-refractivity contribution >= 4 is 5.91 Å². The Kier molecular flexibility index (Phi) is 4.66. The molecule has 2 heterocycles. The Balaban J connectivity index is 1.69. The Morgan fingerprint density at radius 2 is 1.91 bits per heavy atom. The highest BCUT2D eigenvalue weighted by Gasteiger charge is 2.38. The second-order valence-electron chi connectivity index (χ2n) is 6.64. The van der Waals surface area contributed by atoms with E-state index in [4.69, 9.17) is 0 Å². The molecule has 6 heteroatoms. The Labute approximate surface area is 136 Å². The number of hydrogen-bond acceptors (Lipinski definition) is 4. The van der Waals surface area contributed by atoms with Crippen molar-refractivity contribution in [3.8, 4) is 0 Å². The van der Waals surface area contributed by atoms with Crippen molar-refractivity contribution in [2.24, 2.45) is 0 Å². The molecule has 126 valence electrons. The van der Waals surface area contributed by atoms with Crippen molar-refractivity contribution in [3.05, 3.63) is 35.1 Å². The van der Waals surface area contributed by atoms with Gasteiger partial charge in [0.15, 0.2) is 0 Å². The first-order valence-corrected chi connectivity index (χ1v) is 8.12. The number of likely N-dealkylation sites (tertiary alicyclic amines) is 1. The van der Waals surface area contributed by atoms with Crippen LogP contribution in [0.1, 0.15) is 15.9 Å². The summed E-state index contributed by atoms with van der Waals surface area (Å²) in [6.45, 7) is 6.39. The van der Waals surface area contributed by atoms with Crippen LogP contribution in [0.15, 0.2) is 18.2 Å². The first kappa shape index (κ1) is 16.4. The second kappa shape index (κ2) is 6.55. The number of aliphatic hydroxyl groups excluding tert-OH is 1. The van der Waals surface area contributed by atoms with Crippen LogP contribution < -0.4 is 0 Å². The fourth-order valence-electron chi connectivity index (χ4n) is 3.49. The number of halogens is 1. The third-order valence-corrected chi connectivity index (χ3v) is 4.97. The van der Waals surface area contributed by atoms with E-state index in [1.165, 1.54) is 18.2 Å². The SMILES string of the molecule is Cc1cc(F)ccc1C(=O)N1C[C@@H](O)[C@H](N2CCN(C)CC2)C1. The van der Waals surface area contributed by atoms with Crippen LogP contribution in [0.3, 0.4) is 0 Å². The van der Waals surface area contributed by atoms with Gasteiger partial charge in [-0.3, -0.25) is 9.69 Å². The van der Waals surface area contributed by atoms with Crippen LogP contribution >= 0.6 is 0 Å². The second-order valence-corrected chi connectivity index (χ2v) is 6.64. The van der Waals surface area contributed by atoms with Crippen LogP contribution in [0.2, 0.25) is 0 Å². The lowest BCUT2D eigenvalue weighted by molar-refractivity contribution is 0.0512. The number of piperazine rings is 1. The number of benzene rings is 1. The topological polar surface area (TPSA) is 47.0 Å². The zero-order valence-electron chi connectivity index (χ0n) is 13.7. The molecule has 5 nitrogen and oxygen atoms in total. The quantitative estimate of drug-likeness (QED) is 0.865. The van der Waals surface area contributed by atoms with Gasteiger partial charge < -0.3 is 14.9 Å². The van der Waals surface area contributed by atoms with E-state index in [0.717, 1.165) is 26.2 Å². The highest BCUT2D eigenvalue weighted by atomic mass is 19.1. The summed E-state index contributed by atoms with van der Waals surface area (Å²) >= 11 is 0. The maximum absolute atomic E-state index is 13.2. The molecule has 3 rings (SSSR count). The fourth-order valence-corrected chi connectivity index (χ4v) is 3.49. The first-order chi connectivity index (χ1) is 11.0. The predicted octanol–water partition coefficient (Wildman–Crippen LogP) is 0.567. The first-order valence-electron chi connectivity index (χ1n) is 8.12. The average Bonchev–Trinajstić information content (AvgIpc) is 2.89. The van der Waals surface area contributed by atoms with Gasteiger partial charge in [0.25, 0.3) is 5.91 Å². The van der Waals surface area contributed by atoms with Gasteiger partial charge in [-0.15, -0.1) is 0 Å². The molecule has 0 unspecified atom stereocenters. The number of aliphatic hydroxyl groups is 1. The summed E-state index contributed by atoms with van der Waals surface area (Å²) in [4.78, 5) is 18.9. The molecule has 1 amide bonds. The van der Waals surface area contributed by atoms with Crippen LogP contribution in [-0.2, 0) is 0 Å². The van der Waals surface area contributed by atoms with Crippen molar-refractivity contribution in [3.63, 3.8) is 0 Å². The Morgan fingerprint density at radius 1 is 1.22 bits per heavy atom. The lowest BCUT2D eigenvalue weighted by atomic mass is 10.1. The summed E-state index contributed by atoms with van der Waals surface area (Å²) in [6, 6.07) is 4.21. The van der Waals surface area contributed by atoms with Gasteiger partial charge in [-0.2, -0.15) is 0 Å². The Morgan fingerprint density at radius 3 is 2.57 bits per heavy atom. The highest BCUT2D eigenvalue weighted by molar-refractivity contribution is 5.95. The molecule has 2 aliphatic heterocycles. The minimum absolute atomic E-state index is 0.00611. The van der Waals surface area contributed by atoms with Crippen molar-refractivity contribution in [1.82, 2.24) is 14.7 Å². The predicted molar refractivity (Wildman–Crippen MR) is 85.9 cm³/mol. The minimum atomic E-state index is -0.525. The van der Waals surface area contributed by atoms with E-state index in [1.807, 2.05) is 0 Å². The van der Waals surface area contributed by atoms with Gasteiger partial charge in [-0.1, -0.05) is 0 Å². The number of likely N-dealkylation sites (N-methyl/N-ethyl adjacent to an activating group) is 1. The number of carbonyl (C=O) groups excluding carboxylic acids is 1. The maximum Gasteiger partial charge on any atom is 0.254 e. The molecule has 2 fully saturated rings. The number of hydrogen-bond donors (Lipinski definition) is 1. The molecule has 0 spiro atoms. The van der Waals surface area contributed by atoms with Crippen LogP contribution in [0.25, 0.3) is 0 Å². The van der Waals surface area contributed by atoms with Crippen LogP contribution in [0.4, 0.5) is 4.39 Å². The lowest BCUT2D eigenvalue weighted by Gasteiger charge is -2.37. The van der Waals surface area contributed by atoms with E-state index < -0.39 is 6.10 Å². The molecule has 23 heavy (non-hydrogen) atoms. The minimum Gasteiger partial charge on any atom is -0.390 e. The molecule has 2 saturated heterocycles. The zero-order valence-corrected chi connectivity index (χ0v) is 13.7. The van der Waals surface area contributed by atoms with Crippen LogP contribution in [-0.4, -0.2) is 84.2 Å². The molecule has 0 aliphatic carbocycles. The fraction of sp³-hybridized carbons (Fsp3) is 0.588. The number of aryl methyl sites for hydroxylation is 1. The largest absolute Gasteiger partial charge is 0.390 e.